The second-order valence-electron chi connectivity index (χ2n) is 4.29. The molecule has 0 saturated heterocycles. The van der Waals surface area contributed by atoms with Crippen LogP contribution < -0.4 is 0 Å². The lowest BCUT2D eigenvalue weighted by Crippen LogP contribution is -2.21. The summed E-state index contributed by atoms with van der Waals surface area (Å²) in [5.74, 6) is -2.44. The van der Waals surface area contributed by atoms with Gasteiger partial charge in [-0.15, -0.1) is 11.8 Å². The number of carbonyl (C=O) groups is 1. The molecule has 0 aliphatic rings. The monoisotopic (exact) mass is 444 g/mol. The molecule has 2 aromatic rings. The molecule has 4 N–H and O–H groups in total. The number of thioether (sulfide) groups is 1. The normalized spacial score (nSPS) is 9.19. The molecule has 2 aromatic carbocycles. The van der Waals surface area contributed by atoms with Crippen LogP contribution in [0.15, 0.2) is 65.6 Å². The van der Waals surface area contributed by atoms with Crippen LogP contribution in [0.4, 0.5) is 13.2 Å². The fourth-order valence-electron chi connectivity index (χ4n) is 0.985. The van der Waals surface area contributed by atoms with Crippen molar-refractivity contribution in [3.63, 3.8) is 0 Å². The number of hydrogen-bond acceptors (Lipinski definition) is 5. The molecule has 0 saturated carbocycles. The molecule has 0 unspecified atom stereocenters. The zero-order chi connectivity index (χ0) is 20.6. The van der Waals surface area contributed by atoms with Gasteiger partial charge >= 0.3 is 12.1 Å². The van der Waals surface area contributed by atoms with Crippen LogP contribution in [0.3, 0.4) is 0 Å². The zero-order valence-electron chi connectivity index (χ0n) is 14.6. The Morgan fingerprint density at radius 1 is 1.00 bits per heavy atom. The molecule has 154 valence electrons. The fraction of sp³-hybridized carbons (Fsp3) is 0.235. The first-order valence-corrected chi connectivity index (χ1v) is 9.25. The van der Waals surface area contributed by atoms with E-state index in [4.69, 9.17) is 15.0 Å². The Morgan fingerprint density at radius 3 is 1.44 bits per heavy atom. The standard InChI is InChI=1S/C7H8S.C6H6O.C2HF3O2.C2H6S2.H2O/c1-8-7-5-3-2-4-6-7;7-6-4-2-1-3-5-6;3-2(4,5)1(6)7;1-2(3)4;/h2-6H,1H3;1-5,7H;(H,6,7);2-4H,1H3;1H2. The molecule has 0 spiro atoms. The van der Waals surface area contributed by atoms with Crippen LogP contribution >= 0.6 is 37.0 Å². The predicted octanol–water partition coefficient (Wildman–Crippen LogP) is 4.80. The number of benzene rings is 2. The van der Waals surface area contributed by atoms with Crippen LogP contribution in [0.25, 0.3) is 0 Å². The second kappa shape index (κ2) is 17.9. The Hall–Kier alpha value is -1.49. The van der Waals surface area contributed by atoms with Crippen LogP contribution in [0, 0.1) is 0 Å². The van der Waals surface area contributed by atoms with Crippen molar-refractivity contribution < 1.29 is 33.7 Å². The largest absolute Gasteiger partial charge is 0.508 e. The molecule has 0 aliphatic heterocycles. The maximum Gasteiger partial charge on any atom is 0.490 e. The third kappa shape index (κ3) is 24.5. The maximum absolute atomic E-state index is 10.6. The molecule has 0 radical (unpaired) electrons. The van der Waals surface area contributed by atoms with Crippen LogP contribution in [-0.2, 0) is 4.79 Å². The molecule has 0 fully saturated rings. The summed E-state index contributed by atoms with van der Waals surface area (Å²) < 4.78 is 32.0. The van der Waals surface area contributed by atoms with Crippen molar-refractivity contribution in [1.29, 1.82) is 0 Å². The summed E-state index contributed by atoms with van der Waals surface area (Å²) in [5, 5.41) is 15.8. The lowest BCUT2D eigenvalue weighted by atomic mass is 10.3. The predicted molar refractivity (Wildman–Crippen MR) is 111 cm³/mol. The van der Waals surface area contributed by atoms with Crippen LogP contribution in [0.1, 0.15) is 6.92 Å². The Labute approximate surface area is 171 Å². The van der Waals surface area contributed by atoms with Crippen LogP contribution in [-0.4, -0.2) is 38.7 Å². The van der Waals surface area contributed by atoms with Crippen molar-refractivity contribution in [2.24, 2.45) is 0 Å². The number of phenolic OH excluding ortho intramolecular Hbond substituents is 1. The van der Waals surface area contributed by atoms with E-state index in [1.54, 1.807) is 36.0 Å². The molecule has 0 aromatic heterocycles. The zero-order valence-corrected chi connectivity index (χ0v) is 17.2. The fourth-order valence-corrected chi connectivity index (χ4v) is 1.41. The van der Waals surface area contributed by atoms with E-state index in [2.05, 4.69) is 43.6 Å². The summed E-state index contributed by atoms with van der Waals surface area (Å²) in [6.07, 6.45) is -3.00. The quantitative estimate of drug-likeness (QED) is 0.289. The van der Waals surface area contributed by atoms with Crippen molar-refractivity contribution in [3.05, 3.63) is 60.7 Å². The van der Waals surface area contributed by atoms with Crippen molar-refractivity contribution in [1.82, 2.24) is 0 Å². The minimum Gasteiger partial charge on any atom is -0.508 e. The number of hydrogen-bond donors (Lipinski definition) is 4. The van der Waals surface area contributed by atoms with E-state index in [0.717, 1.165) is 0 Å². The minimum absolute atomic E-state index is 0. The van der Waals surface area contributed by atoms with E-state index in [0.29, 0.717) is 5.75 Å². The van der Waals surface area contributed by atoms with Crippen molar-refractivity contribution in [3.8, 4) is 5.75 Å². The van der Waals surface area contributed by atoms with Gasteiger partial charge < -0.3 is 15.7 Å². The van der Waals surface area contributed by atoms with E-state index in [9.17, 15) is 13.2 Å². The summed E-state index contributed by atoms with van der Waals surface area (Å²) in [7, 11) is 0. The molecule has 0 heterocycles. The van der Waals surface area contributed by atoms with Gasteiger partial charge in [0, 0.05) is 9.48 Å². The van der Waals surface area contributed by atoms with Gasteiger partial charge in [-0.25, -0.2) is 4.79 Å². The number of thiol groups is 2. The number of rotatable bonds is 1. The lowest BCUT2D eigenvalue weighted by molar-refractivity contribution is -0.192. The van der Waals surface area contributed by atoms with Crippen LogP contribution in [0.2, 0.25) is 0 Å². The first-order valence-electron chi connectivity index (χ1n) is 7.00. The molecular formula is C17H23F3O4S3. The molecule has 0 atom stereocenters. The van der Waals surface area contributed by atoms with Gasteiger partial charge in [-0.1, -0.05) is 36.4 Å². The highest BCUT2D eigenvalue weighted by Gasteiger charge is 2.38. The Kier molecular flexibility index (Phi) is 20.1. The van der Waals surface area contributed by atoms with Crippen molar-refractivity contribution in [2.45, 2.75) is 22.6 Å². The van der Waals surface area contributed by atoms with Crippen molar-refractivity contribution in [2.75, 3.05) is 6.26 Å². The van der Waals surface area contributed by atoms with E-state index in [-0.39, 0.29) is 10.1 Å². The summed E-state index contributed by atoms with van der Waals surface area (Å²) in [4.78, 5) is 10.2. The lowest BCUT2D eigenvalue weighted by Gasteiger charge is -1.93. The Bertz CT molecular complexity index is 580. The number of halogens is 3. The third-order valence-electron chi connectivity index (χ3n) is 1.98. The Morgan fingerprint density at radius 2 is 1.30 bits per heavy atom. The molecule has 0 aliphatic carbocycles. The maximum atomic E-state index is 10.6. The average Bonchev–Trinajstić information content (AvgIpc) is 2.56. The van der Waals surface area contributed by atoms with Gasteiger partial charge in [0.1, 0.15) is 5.75 Å². The molecule has 0 amide bonds. The number of alkyl halides is 3. The van der Waals surface area contributed by atoms with Gasteiger partial charge in [0.15, 0.2) is 0 Å². The topological polar surface area (TPSA) is 89.0 Å². The summed E-state index contributed by atoms with van der Waals surface area (Å²) in [5.41, 5.74) is 0. The average molecular weight is 445 g/mol. The van der Waals surface area contributed by atoms with Crippen LogP contribution in [0.5, 0.6) is 5.75 Å². The summed E-state index contributed by atoms with van der Waals surface area (Å²) in [6.45, 7) is 1.90. The number of aliphatic carboxylic acids is 1. The minimum atomic E-state index is -5.08. The van der Waals surface area contributed by atoms with Gasteiger partial charge in [0.25, 0.3) is 0 Å². The summed E-state index contributed by atoms with van der Waals surface area (Å²) >= 11 is 9.43. The highest BCUT2D eigenvalue weighted by molar-refractivity contribution is 7.99. The van der Waals surface area contributed by atoms with Crippen molar-refractivity contribution >= 4 is 43.0 Å². The highest BCUT2D eigenvalue weighted by atomic mass is 32.2. The van der Waals surface area contributed by atoms with E-state index in [1.165, 1.54) is 4.90 Å². The van der Waals surface area contributed by atoms with E-state index >= 15 is 0 Å². The number of carboxylic acid groups (broad SMARTS) is 1. The summed E-state index contributed by atoms with van der Waals surface area (Å²) in [6, 6.07) is 19.0. The number of para-hydroxylation sites is 1. The van der Waals surface area contributed by atoms with Gasteiger partial charge in [-0.05, 0) is 37.4 Å². The second-order valence-corrected chi connectivity index (χ2v) is 7.12. The van der Waals surface area contributed by atoms with Gasteiger partial charge in [0.2, 0.25) is 0 Å². The molecular weight excluding hydrogens is 421 g/mol. The molecule has 4 nitrogen and oxygen atoms in total. The van der Waals surface area contributed by atoms with Gasteiger partial charge in [-0.2, -0.15) is 38.4 Å². The smallest absolute Gasteiger partial charge is 0.490 e. The Balaban J connectivity index is -0.000000288. The molecule has 27 heavy (non-hydrogen) atoms. The number of phenols is 1. The van der Waals surface area contributed by atoms with Gasteiger partial charge in [-0.3, -0.25) is 0 Å². The molecule has 10 heteroatoms. The molecule has 2 rings (SSSR count). The molecule has 0 bridgehead atoms. The number of carboxylic acids is 1. The number of aromatic hydroxyl groups is 1. The first-order chi connectivity index (χ1) is 12.0. The van der Waals surface area contributed by atoms with E-state index < -0.39 is 12.1 Å². The van der Waals surface area contributed by atoms with Gasteiger partial charge in [0.05, 0.1) is 0 Å². The first kappa shape index (κ1) is 30.2. The van der Waals surface area contributed by atoms with E-state index in [1.807, 2.05) is 31.2 Å². The third-order valence-corrected chi connectivity index (χ3v) is 2.72. The highest BCUT2D eigenvalue weighted by Crippen LogP contribution is 2.13. The SMILES string of the molecule is CC(S)S.CSc1ccccc1.O.O=C(O)C(F)(F)F.Oc1ccccc1.